The molecule has 1 saturated heterocycles. The molecule has 2 heterocycles. The molecule has 1 fully saturated rings. The summed E-state index contributed by atoms with van der Waals surface area (Å²) in [7, 11) is -1.01. The first-order chi connectivity index (χ1) is 8.00. The van der Waals surface area contributed by atoms with Crippen molar-refractivity contribution in [1.82, 2.24) is 15.5 Å². The molecule has 0 aromatic carbocycles. The molecule has 0 amide bonds. The topological polar surface area (TPSA) is 85.1 Å². The monoisotopic (exact) mass is 259 g/mol. The van der Waals surface area contributed by atoms with E-state index in [-0.39, 0.29) is 23.5 Å². The summed E-state index contributed by atoms with van der Waals surface area (Å²) in [5.41, 5.74) is 0. The van der Waals surface area contributed by atoms with E-state index >= 15 is 0 Å². The van der Waals surface area contributed by atoms with Gasteiger partial charge in [-0.05, 0) is 26.3 Å². The van der Waals surface area contributed by atoms with Crippen LogP contribution in [-0.2, 0) is 16.3 Å². The third-order valence-electron chi connectivity index (χ3n) is 3.09. The quantitative estimate of drug-likeness (QED) is 0.838. The van der Waals surface area contributed by atoms with Gasteiger partial charge in [0.1, 0.15) is 0 Å². The molecule has 96 valence electrons. The Hall–Kier alpha value is -0.950. The van der Waals surface area contributed by atoms with Gasteiger partial charge in [0.25, 0.3) is 0 Å². The molecule has 0 aliphatic carbocycles. The SMILES string of the molecule is CNC(C)c1nc(CC2CCS(=O)(=O)C2)no1. The van der Waals surface area contributed by atoms with E-state index in [0.29, 0.717) is 24.6 Å². The van der Waals surface area contributed by atoms with Crippen LogP contribution in [0.15, 0.2) is 4.52 Å². The maximum Gasteiger partial charge on any atom is 0.243 e. The standard InChI is InChI=1S/C10H17N3O3S/c1-7(11-2)10-12-9(13-16-10)5-8-3-4-17(14,15)6-8/h7-8,11H,3-6H2,1-2H3. The number of nitrogens with zero attached hydrogens (tertiary/aromatic N) is 2. The van der Waals surface area contributed by atoms with Gasteiger partial charge in [-0.25, -0.2) is 8.42 Å². The van der Waals surface area contributed by atoms with Crippen LogP contribution in [0, 0.1) is 5.92 Å². The van der Waals surface area contributed by atoms with Gasteiger partial charge in [-0.3, -0.25) is 0 Å². The van der Waals surface area contributed by atoms with Crippen molar-refractivity contribution in [2.75, 3.05) is 18.6 Å². The predicted octanol–water partition coefficient (Wildman–Crippen LogP) is 0.327. The summed E-state index contributed by atoms with van der Waals surface area (Å²) < 4.78 is 27.7. The van der Waals surface area contributed by atoms with Crippen LogP contribution in [0.4, 0.5) is 0 Å². The summed E-state index contributed by atoms with van der Waals surface area (Å²) in [6.07, 6.45) is 1.28. The lowest BCUT2D eigenvalue weighted by molar-refractivity contribution is 0.341. The molecular weight excluding hydrogens is 242 g/mol. The highest BCUT2D eigenvalue weighted by molar-refractivity contribution is 7.91. The van der Waals surface area contributed by atoms with Gasteiger partial charge < -0.3 is 9.84 Å². The second-order valence-electron chi connectivity index (χ2n) is 4.53. The molecule has 2 unspecified atom stereocenters. The number of hydrogen-bond acceptors (Lipinski definition) is 6. The van der Waals surface area contributed by atoms with E-state index in [2.05, 4.69) is 15.5 Å². The Kier molecular flexibility index (Phi) is 3.48. The first kappa shape index (κ1) is 12.5. The van der Waals surface area contributed by atoms with Crippen LogP contribution in [-0.4, -0.2) is 37.1 Å². The normalized spacial score (nSPS) is 24.9. The highest BCUT2D eigenvalue weighted by Gasteiger charge is 2.29. The average Bonchev–Trinajstić information content (AvgIpc) is 2.85. The van der Waals surface area contributed by atoms with E-state index in [9.17, 15) is 8.42 Å². The van der Waals surface area contributed by atoms with Crippen LogP contribution in [0.2, 0.25) is 0 Å². The van der Waals surface area contributed by atoms with E-state index in [4.69, 9.17) is 4.52 Å². The maximum atomic E-state index is 11.3. The lowest BCUT2D eigenvalue weighted by Crippen LogP contribution is -2.13. The molecule has 2 atom stereocenters. The van der Waals surface area contributed by atoms with Crippen molar-refractivity contribution in [1.29, 1.82) is 0 Å². The van der Waals surface area contributed by atoms with Crippen LogP contribution < -0.4 is 5.32 Å². The molecular formula is C10H17N3O3S. The number of rotatable bonds is 4. The van der Waals surface area contributed by atoms with Gasteiger partial charge in [-0.15, -0.1) is 0 Å². The molecule has 1 aliphatic rings. The van der Waals surface area contributed by atoms with Crippen molar-refractivity contribution in [3.63, 3.8) is 0 Å². The van der Waals surface area contributed by atoms with Gasteiger partial charge in [0.15, 0.2) is 15.7 Å². The lowest BCUT2D eigenvalue weighted by Gasteiger charge is -2.03. The third-order valence-corrected chi connectivity index (χ3v) is 4.92. The minimum atomic E-state index is -2.83. The highest BCUT2D eigenvalue weighted by atomic mass is 32.2. The van der Waals surface area contributed by atoms with Gasteiger partial charge in [-0.2, -0.15) is 4.98 Å². The zero-order valence-corrected chi connectivity index (χ0v) is 10.8. The Balaban J connectivity index is 1.98. The van der Waals surface area contributed by atoms with Crippen molar-refractivity contribution < 1.29 is 12.9 Å². The van der Waals surface area contributed by atoms with Crippen molar-refractivity contribution in [3.8, 4) is 0 Å². The summed E-state index contributed by atoms with van der Waals surface area (Å²) in [6, 6.07) is 0.0172. The molecule has 1 N–H and O–H groups in total. The molecule has 1 aromatic heterocycles. The van der Waals surface area contributed by atoms with Crippen molar-refractivity contribution >= 4 is 9.84 Å². The predicted molar refractivity (Wildman–Crippen MR) is 62.2 cm³/mol. The molecule has 0 bridgehead atoms. The van der Waals surface area contributed by atoms with Gasteiger partial charge in [0, 0.05) is 6.42 Å². The molecule has 1 aliphatic heterocycles. The summed E-state index contributed by atoms with van der Waals surface area (Å²) in [6.45, 7) is 1.93. The smallest absolute Gasteiger partial charge is 0.243 e. The molecule has 0 spiro atoms. The molecule has 1 aromatic rings. The summed E-state index contributed by atoms with van der Waals surface area (Å²) in [4.78, 5) is 4.26. The second kappa shape index (κ2) is 4.73. The molecule has 2 rings (SSSR count). The Morgan fingerprint density at radius 1 is 1.59 bits per heavy atom. The molecule has 0 saturated carbocycles. The Bertz CT molecular complexity index is 483. The fourth-order valence-electron chi connectivity index (χ4n) is 1.94. The van der Waals surface area contributed by atoms with Crippen molar-refractivity contribution in [2.24, 2.45) is 5.92 Å². The van der Waals surface area contributed by atoms with E-state index < -0.39 is 9.84 Å². The minimum Gasteiger partial charge on any atom is -0.338 e. The molecule has 6 nitrogen and oxygen atoms in total. The minimum absolute atomic E-state index is 0.0172. The zero-order chi connectivity index (χ0) is 12.5. The van der Waals surface area contributed by atoms with Crippen molar-refractivity contribution in [2.45, 2.75) is 25.8 Å². The van der Waals surface area contributed by atoms with Crippen molar-refractivity contribution in [3.05, 3.63) is 11.7 Å². The fraction of sp³-hybridized carbons (Fsp3) is 0.800. The van der Waals surface area contributed by atoms with Crippen LogP contribution in [0.5, 0.6) is 0 Å². The molecule has 7 heteroatoms. The van der Waals surface area contributed by atoms with Crippen LogP contribution >= 0.6 is 0 Å². The zero-order valence-electron chi connectivity index (χ0n) is 10.0. The summed E-state index contributed by atoms with van der Waals surface area (Å²) >= 11 is 0. The first-order valence-electron chi connectivity index (χ1n) is 5.70. The number of hydrogen-bond donors (Lipinski definition) is 1. The van der Waals surface area contributed by atoms with E-state index in [1.165, 1.54) is 0 Å². The summed E-state index contributed by atoms with van der Waals surface area (Å²) in [5.74, 6) is 1.82. The largest absolute Gasteiger partial charge is 0.338 e. The fourth-order valence-corrected chi connectivity index (χ4v) is 3.80. The number of sulfone groups is 1. The first-order valence-corrected chi connectivity index (χ1v) is 7.52. The summed E-state index contributed by atoms with van der Waals surface area (Å²) in [5, 5.41) is 6.88. The Morgan fingerprint density at radius 2 is 2.35 bits per heavy atom. The van der Waals surface area contributed by atoms with Gasteiger partial charge in [0.05, 0.1) is 17.5 Å². The highest BCUT2D eigenvalue weighted by Crippen LogP contribution is 2.22. The van der Waals surface area contributed by atoms with Gasteiger partial charge >= 0.3 is 0 Å². The third kappa shape index (κ3) is 3.04. The Labute approximate surface area is 101 Å². The van der Waals surface area contributed by atoms with Gasteiger partial charge in [0.2, 0.25) is 5.89 Å². The van der Waals surface area contributed by atoms with Gasteiger partial charge in [-0.1, -0.05) is 5.16 Å². The van der Waals surface area contributed by atoms with Crippen LogP contribution in [0.1, 0.15) is 31.1 Å². The van der Waals surface area contributed by atoms with E-state index in [1.54, 1.807) is 0 Å². The number of aromatic nitrogens is 2. The van der Waals surface area contributed by atoms with Crippen LogP contribution in [0.25, 0.3) is 0 Å². The Morgan fingerprint density at radius 3 is 2.94 bits per heavy atom. The molecule has 17 heavy (non-hydrogen) atoms. The second-order valence-corrected chi connectivity index (χ2v) is 6.76. The number of nitrogens with one attached hydrogen (secondary N) is 1. The lowest BCUT2D eigenvalue weighted by atomic mass is 10.1. The van der Waals surface area contributed by atoms with E-state index in [1.807, 2.05) is 14.0 Å². The molecule has 0 radical (unpaired) electrons. The van der Waals surface area contributed by atoms with E-state index in [0.717, 1.165) is 0 Å². The average molecular weight is 259 g/mol. The maximum absolute atomic E-state index is 11.3. The van der Waals surface area contributed by atoms with Crippen LogP contribution in [0.3, 0.4) is 0 Å².